The lowest BCUT2D eigenvalue weighted by molar-refractivity contribution is -0.117. The lowest BCUT2D eigenvalue weighted by Gasteiger charge is -2.08. The molecule has 2 aliphatic rings. The topological polar surface area (TPSA) is 29.1 Å². The summed E-state index contributed by atoms with van der Waals surface area (Å²) in [6, 6.07) is 8.03. The molecular weight excluding hydrogens is 282 g/mol. The number of hydrogen-bond donors (Lipinski definition) is 1. The van der Waals surface area contributed by atoms with Crippen molar-refractivity contribution in [2.75, 3.05) is 5.32 Å². The third-order valence-corrected chi connectivity index (χ3v) is 5.20. The van der Waals surface area contributed by atoms with Crippen LogP contribution >= 0.6 is 0 Å². The minimum atomic E-state index is 0.206. The van der Waals surface area contributed by atoms with Crippen LogP contribution in [-0.2, 0) is 4.79 Å². The summed E-state index contributed by atoms with van der Waals surface area (Å²) in [6.07, 6.45) is 16.0. The van der Waals surface area contributed by atoms with E-state index >= 15 is 0 Å². The molecule has 2 aliphatic carbocycles. The van der Waals surface area contributed by atoms with Gasteiger partial charge in [-0.2, -0.15) is 0 Å². The van der Waals surface area contributed by atoms with Gasteiger partial charge in [0.1, 0.15) is 0 Å². The summed E-state index contributed by atoms with van der Waals surface area (Å²) in [7, 11) is 0. The molecule has 1 unspecified atom stereocenters. The zero-order valence-corrected chi connectivity index (χ0v) is 14.0. The third-order valence-electron chi connectivity index (χ3n) is 5.20. The van der Waals surface area contributed by atoms with Crippen LogP contribution in [-0.4, -0.2) is 5.91 Å². The average molecular weight is 309 g/mol. The Kier molecular flexibility index (Phi) is 5.32. The molecule has 0 heterocycles. The van der Waals surface area contributed by atoms with Crippen molar-refractivity contribution in [2.24, 2.45) is 17.8 Å². The predicted octanol–water partition coefficient (Wildman–Crippen LogP) is 5.26. The van der Waals surface area contributed by atoms with Crippen molar-refractivity contribution < 1.29 is 4.79 Å². The standard InChI is InChI=1S/C21H27NO/c1-16-12-10-11-15-19(16)22-21(23)20-17-13-8-6-4-2-3-5-7-9-14-18(17)20/h4-7,10-12,15,17-18,20H,2-3,8-9,13-14H2,1H3,(H,22,23)/b6-4-,7-5-/t17-,18+,20?. The minimum absolute atomic E-state index is 0.206. The highest BCUT2D eigenvalue weighted by Gasteiger charge is 2.52. The number of carbonyl (C=O) groups is 1. The second-order valence-corrected chi connectivity index (χ2v) is 6.83. The monoisotopic (exact) mass is 309 g/mol. The van der Waals surface area contributed by atoms with Crippen LogP contribution < -0.4 is 5.32 Å². The first-order chi connectivity index (χ1) is 11.3. The average Bonchev–Trinajstić information content (AvgIpc) is 3.22. The van der Waals surface area contributed by atoms with Gasteiger partial charge in [-0.1, -0.05) is 42.5 Å². The van der Waals surface area contributed by atoms with E-state index < -0.39 is 0 Å². The number of aryl methyl sites for hydroxylation is 1. The van der Waals surface area contributed by atoms with Crippen LogP contribution in [0.15, 0.2) is 48.6 Å². The molecule has 1 amide bonds. The Morgan fingerprint density at radius 3 is 2.09 bits per heavy atom. The maximum atomic E-state index is 12.7. The van der Waals surface area contributed by atoms with E-state index in [0.29, 0.717) is 11.8 Å². The third kappa shape index (κ3) is 4.13. The van der Waals surface area contributed by atoms with Crippen LogP contribution in [0.1, 0.15) is 44.1 Å². The largest absolute Gasteiger partial charge is 0.326 e. The van der Waals surface area contributed by atoms with E-state index in [1.807, 2.05) is 31.2 Å². The number of rotatable bonds is 2. The van der Waals surface area contributed by atoms with Gasteiger partial charge in [0.2, 0.25) is 5.91 Å². The van der Waals surface area contributed by atoms with Gasteiger partial charge in [-0.15, -0.1) is 0 Å². The van der Waals surface area contributed by atoms with E-state index in [4.69, 9.17) is 0 Å². The Morgan fingerprint density at radius 2 is 1.48 bits per heavy atom. The molecule has 1 fully saturated rings. The molecule has 0 bridgehead atoms. The van der Waals surface area contributed by atoms with E-state index in [2.05, 4.69) is 29.6 Å². The summed E-state index contributed by atoms with van der Waals surface area (Å²) in [4.78, 5) is 12.7. The molecule has 122 valence electrons. The first-order valence-corrected chi connectivity index (χ1v) is 8.94. The van der Waals surface area contributed by atoms with E-state index in [0.717, 1.165) is 49.8 Å². The fraction of sp³-hybridized carbons (Fsp3) is 0.476. The number of hydrogen-bond acceptors (Lipinski definition) is 1. The van der Waals surface area contributed by atoms with Crippen molar-refractivity contribution in [3.05, 3.63) is 54.1 Å². The Hall–Kier alpha value is -1.83. The maximum Gasteiger partial charge on any atom is 0.228 e. The lowest BCUT2D eigenvalue weighted by atomic mass is 10.1. The van der Waals surface area contributed by atoms with Crippen LogP contribution in [0.5, 0.6) is 0 Å². The molecule has 3 atom stereocenters. The van der Waals surface area contributed by atoms with Crippen molar-refractivity contribution in [1.29, 1.82) is 0 Å². The Labute approximate surface area is 139 Å². The van der Waals surface area contributed by atoms with Crippen molar-refractivity contribution in [2.45, 2.75) is 45.4 Å². The molecule has 0 aliphatic heterocycles. The molecule has 0 saturated heterocycles. The summed E-state index contributed by atoms with van der Waals surface area (Å²) in [5.74, 6) is 1.56. The predicted molar refractivity (Wildman–Crippen MR) is 96.3 cm³/mol. The van der Waals surface area contributed by atoms with Gasteiger partial charge < -0.3 is 5.32 Å². The molecule has 2 nitrogen and oxygen atoms in total. The van der Waals surface area contributed by atoms with Crippen molar-refractivity contribution >= 4 is 11.6 Å². The second-order valence-electron chi connectivity index (χ2n) is 6.83. The Bertz CT molecular complexity index is 578. The molecule has 0 spiro atoms. The van der Waals surface area contributed by atoms with Crippen molar-refractivity contribution in [3.63, 3.8) is 0 Å². The number of carbonyl (C=O) groups excluding carboxylic acids is 1. The first kappa shape index (κ1) is 16.0. The Morgan fingerprint density at radius 1 is 0.913 bits per heavy atom. The first-order valence-electron chi connectivity index (χ1n) is 8.94. The molecule has 0 radical (unpaired) electrons. The van der Waals surface area contributed by atoms with Gasteiger partial charge in [-0.3, -0.25) is 4.79 Å². The fourth-order valence-electron chi connectivity index (χ4n) is 3.79. The molecule has 23 heavy (non-hydrogen) atoms. The zero-order valence-electron chi connectivity index (χ0n) is 14.0. The smallest absolute Gasteiger partial charge is 0.228 e. The van der Waals surface area contributed by atoms with E-state index in [1.54, 1.807) is 0 Å². The molecular formula is C21H27NO. The lowest BCUT2D eigenvalue weighted by Crippen LogP contribution is -2.16. The quantitative estimate of drug-likeness (QED) is 0.742. The molecule has 0 aromatic heterocycles. The normalized spacial score (nSPS) is 30.2. The van der Waals surface area contributed by atoms with Crippen LogP contribution in [0.25, 0.3) is 0 Å². The number of para-hydroxylation sites is 1. The number of anilines is 1. The van der Waals surface area contributed by atoms with Crippen LogP contribution in [0, 0.1) is 24.7 Å². The number of benzene rings is 1. The highest BCUT2D eigenvalue weighted by Crippen LogP contribution is 2.52. The summed E-state index contributed by atoms with van der Waals surface area (Å²) in [5.41, 5.74) is 2.09. The molecule has 1 N–H and O–H groups in total. The van der Waals surface area contributed by atoms with Crippen molar-refractivity contribution in [3.8, 4) is 0 Å². The highest BCUT2D eigenvalue weighted by atomic mass is 16.2. The van der Waals surface area contributed by atoms with Gasteiger partial charge in [0.15, 0.2) is 0 Å². The summed E-state index contributed by atoms with van der Waals surface area (Å²) in [6.45, 7) is 2.04. The summed E-state index contributed by atoms with van der Waals surface area (Å²) in [5, 5.41) is 3.15. The second kappa shape index (κ2) is 7.63. The SMILES string of the molecule is Cc1ccccc1NC(=O)C1[C@H]2CC/C=C\CC/C=C\CC[C@@H]12. The molecule has 3 rings (SSSR count). The van der Waals surface area contributed by atoms with Gasteiger partial charge in [0, 0.05) is 11.6 Å². The number of nitrogens with one attached hydrogen (secondary N) is 1. The van der Waals surface area contributed by atoms with Crippen LogP contribution in [0.2, 0.25) is 0 Å². The molecule has 1 aromatic rings. The fourth-order valence-corrected chi connectivity index (χ4v) is 3.79. The van der Waals surface area contributed by atoms with Crippen LogP contribution in [0.3, 0.4) is 0 Å². The van der Waals surface area contributed by atoms with Gasteiger partial charge in [0.05, 0.1) is 0 Å². The summed E-state index contributed by atoms with van der Waals surface area (Å²) >= 11 is 0. The number of amides is 1. The zero-order chi connectivity index (χ0) is 16.1. The minimum Gasteiger partial charge on any atom is -0.326 e. The van der Waals surface area contributed by atoms with E-state index in [-0.39, 0.29) is 11.8 Å². The molecule has 2 heteroatoms. The van der Waals surface area contributed by atoms with Crippen LogP contribution in [0.4, 0.5) is 5.69 Å². The molecule has 1 aromatic carbocycles. The van der Waals surface area contributed by atoms with E-state index in [1.165, 1.54) is 0 Å². The molecule has 1 saturated carbocycles. The van der Waals surface area contributed by atoms with E-state index in [9.17, 15) is 4.79 Å². The van der Waals surface area contributed by atoms with Gasteiger partial charge in [0.25, 0.3) is 0 Å². The van der Waals surface area contributed by atoms with Gasteiger partial charge in [-0.25, -0.2) is 0 Å². The summed E-state index contributed by atoms with van der Waals surface area (Å²) < 4.78 is 0. The number of fused-ring (bicyclic) bond motifs is 1. The number of allylic oxidation sites excluding steroid dienone is 4. The van der Waals surface area contributed by atoms with Gasteiger partial charge in [-0.05, 0) is 68.9 Å². The van der Waals surface area contributed by atoms with Crippen molar-refractivity contribution in [1.82, 2.24) is 0 Å². The maximum absolute atomic E-state index is 12.7. The Balaban J connectivity index is 1.63. The van der Waals surface area contributed by atoms with Gasteiger partial charge >= 0.3 is 0 Å². The highest BCUT2D eigenvalue weighted by molar-refractivity contribution is 5.95.